The molecule has 0 unspecified atom stereocenters. The Morgan fingerprint density at radius 2 is 1.80 bits per heavy atom. The number of carbonyl (C=O) groups is 2. The van der Waals surface area contributed by atoms with Crippen molar-refractivity contribution in [3.63, 3.8) is 0 Å². The normalized spacial score (nSPS) is 16.6. The number of nitrogens with zero attached hydrogens (tertiary/aromatic N) is 2. The van der Waals surface area contributed by atoms with E-state index in [1.54, 1.807) is 11.8 Å². The van der Waals surface area contributed by atoms with E-state index < -0.39 is 0 Å². The van der Waals surface area contributed by atoms with Gasteiger partial charge in [0.15, 0.2) is 0 Å². The van der Waals surface area contributed by atoms with E-state index in [-0.39, 0.29) is 24.0 Å². The minimum atomic E-state index is -0.00844. The number of hydrogen-bond acceptors (Lipinski definition) is 2. The second-order valence-corrected chi connectivity index (χ2v) is 7.38. The Hall–Kier alpha value is -2.04. The second kappa shape index (κ2) is 8.37. The SMILES string of the molecule is CC(=O)N(C)C1CCN(C(=O)N[C@H](c2ccccc2C)C(C)C)CC1. The zero-order valence-electron chi connectivity index (χ0n) is 16.1. The highest BCUT2D eigenvalue weighted by molar-refractivity contribution is 5.75. The molecule has 5 nitrogen and oxygen atoms in total. The Bertz CT molecular complexity index is 607. The Morgan fingerprint density at radius 3 is 2.32 bits per heavy atom. The third-order valence-corrected chi connectivity index (χ3v) is 5.27. The van der Waals surface area contributed by atoms with Gasteiger partial charge in [0, 0.05) is 33.1 Å². The molecule has 1 aromatic rings. The van der Waals surface area contributed by atoms with Crippen molar-refractivity contribution in [2.75, 3.05) is 20.1 Å². The summed E-state index contributed by atoms with van der Waals surface area (Å²) in [5.74, 6) is 0.397. The molecule has 2 rings (SSSR count). The van der Waals surface area contributed by atoms with Crippen molar-refractivity contribution in [1.82, 2.24) is 15.1 Å². The van der Waals surface area contributed by atoms with Crippen molar-refractivity contribution in [3.05, 3.63) is 35.4 Å². The number of urea groups is 1. The number of benzene rings is 1. The Labute approximate surface area is 151 Å². The van der Waals surface area contributed by atoms with Gasteiger partial charge in [-0.1, -0.05) is 38.1 Å². The molecule has 1 saturated heterocycles. The zero-order valence-corrected chi connectivity index (χ0v) is 16.1. The molecule has 1 N–H and O–H groups in total. The zero-order chi connectivity index (χ0) is 18.6. The van der Waals surface area contributed by atoms with Crippen molar-refractivity contribution in [2.24, 2.45) is 5.92 Å². The van der Waals surface area contributed by atoms with Gasteiger partial charge in [0.1, 0.15) is 0 Å². The lowest BCUT2D eigenvalue weighted by atomic mass is 9.93. The fourth-order valence-electron chi connectivity index (χ4n) is 3.48. The molecule has 1 aliphatic rings. The third kappa shape index (κ3) is 4.74. The first-order valence-corrected chi connectivity index (χ1v) is 9.15. The average molecular weight is 345 g/mol. The molecule has 5 heteroatoms. The lowest BCUT2D eigenvalue weighted by Crippen LogP contribution is -2.50. The molecular formula is C20H31N3O2. The highest BCUT2D eigenvalue weighted by Gasteiger charge is 2.28. The molecule has 1 fully saturated rings. The molecule has 1 heterocycles. The largest absolute Gasteiger partial charge is 0.343 e. The summed E-state index contributed by atoms with van der Waals surface area (Å²) in [5.41, 5.74) is 2.38. The van der Waals surface area contributed by atoms with Crippen molar-refractivity contribution in [1.29, 1.82) is 0 Å². The molecule has 1 atom stereocenters. The van der Waals surface area contributed by atoms with Crippen LogP contribution in [0.3, 0.4) is 0 Å². The molecule has 3 amide bonds. The summed E-state index contributed by atoms with van der Waals surface area (Å²) >= 11 is 0. The predicted octanol–water partition coefficient (Wildman–Crippen LogP) is 3.34. The molecule has 0 radical (unpaired) electrons. The summed E-state index contributed by atoms with van der Waals surface area (Å²) in [6, 6.07) is 8.45. The molecular weight excluding hydrogens is 314 g/mol. The maximum atomic E-state index is 12.7. The fourth-order valence-corrected chi connectivity index (χ4v) is 3.48. The maximum Gasteiger partial charge on any atom is 0.317 e. The van der Waals surface area contributed by atoms with Crippen LogP contribution in [0.25, 0.3) is 0 Å². The Kier molecular flexibility index (Phi) is 6.45. The Morgan fingerprint density at radius 1 is 1.20 bits per heavy atom. The lowest BCUT2D eigenvalue weighted by molar-refractivity contribution is -0.130. The van der Waals surface area contributed by atoms with Crippen LogP contribution in [0.4, 0.5) is 4.79 Å². The van der Waals surface area contributed by atoms with Crippen molar-refractivity contribution in [3.8, 4) is 0 Å². The first-order valence-electron chi connectivity index (χ1n) is 9.15. The van der Waals surface area contributed by atoms with E-state index in [0.29, 0.717) is 19.0 Å². The summed E-state index contributed by atoms with van der Waals surface area (Å²) in [6.07, 6.45) is 1.67. The maximum absolute atomic E-state index is 12.7. The van der Waals surface area contributed by atoms with Gasteiger partial charge in [0.2, 0.25) is 5.91 Å². The van der Waals surface area contributed by atoms with Gasteiger partial charge in [-0.2, -0.15) is 0 Å². The van der Waals surface area contributed by atoms with Crippen molar-refractivity contribution in [2.45, 2.75) is 52.6 Å². The fraction of sp³-hybridized carbons (Fsp3) is 0.600. The summed E-state index contributed by atoms with van der Waals surface area (Å²) in [7, 11) is 1.84. The second-order valence-electron chi connectivity index (χ2n) is 7.38. The molecule has 0 aromatic heterocycles. The minimum absolute atomic E-state index is 0.00585. The Balaban J connectivity index is 1.99. The van der Waals surface area contributed by atoms with Crippen LogP contribution in [0, 0.1) is 12.8 Å². The summed E-state index contributed by atoms with van der Waals surface area (Å²) in [4.78, 5) is 27.9. The van der Waals surface area contributed by atoms with Gasteiger partial charge >= 0.3 is 6.03 Å². The number of likely N-dealkylation sites (tertiary alicyclic amines) is 1. The highest BCUT2D eigenvalue weighted by Crippen LogP contribution is 2.25. The highest BCUT2D eigenvalue weighted by atomic mass is 16.2. The number of nitrogens with one attached hydrogen (secondary N) is 1. The number of amides is 3. The molecule has 0 bridgehead atoms. The van der Waals surface area contributed by atoms with E-state index in [2.05, 4.69) is 38.2 Å². The molecule has 0 aliphatic carbocycles. The van der Waals surface area contributed by atoms with Crippen LogP contribution >= 0.6 is 0 Å². The first-order chi connectivity index (χ1) is 11.8. The lowest BCUT2D eigenvalue weighted by Gasteiger charge is -2.37. The van der Waals surface area contributed by atoms with Crippen LogP contribution in [0.1, 0.15) is 50.8 Å². The van der Waals surface area contributed by atoms with Crippen LogP contribution < -0.4 is 5.32 Å². The standard InChI is InChI=1S/C20H31N3O2/c1-14(2)19(18-9-7-6-8-15(18)3)21-20(25)23-12-10-17(11-13-23)22(5)16(4)24/h6-9,14,17,19H,10-13H2,1-5H3,(H,21,25)/t19-/m0/s1. The van der Waals surface area contributed by atoms with E-state index >= 15 is 0 Å². The van der Waals surface area contributed by atoms with Crippen LogP contribution in [0.2, 0.25) is 0 Å². The number of hydrogen-bond donors (Lipinski definition) is 1. The number of aryl methyl sites for hydroxylation is 1. The first kappa shape index (κ1) is 19.3. The van der Waals surface area contributed by atoms with E-state index in [1.165, 1.54) is 11.1 Å². The smallest absolute Gasteiger partial charge is 0.317 e. The third-order valence-electron chi connectivity index (χ3n) is 5.27. The quantitative estimate of drug-likeness (QED) is 0.910. The molecule has 138 valence electrons. The van der Waals surface area contributed by atoms with Crippen LogP contribution in [0.5, 0.6) is 0 Å². The summed E-state index contributed by atoms with van der Waals surface area (Å²) in [5, 5.41) is 3.22. The number of carbonyl (C=O) groups excluding carboxylic acids is 2. The van der Waals surface area contributed by atoms with Crippen LogP contribution in [0.15, 0.2) is 24.3 Å². The van der Waals surface area contributed by atoms with Crippen LogP contribution in [-0.4, -0.2) is 47.9 Å². The van der Waals surface area contributed by atoms with Crippen LogP contribution in [-0.2, 0) is 4.79 Å². The van der Waals surface area contributed by atoms with E-state index in [9.17, 15) is 9.59 Å². The van der Waals surface area contributed by atoms with E-state index in [1.807, 2.05) is 24.1 Å². The molecule has 0 spiro atoms. The van der Waals surface area contributed by atoms with Gasteiger partial charge in [-0.3, -0.25) is 4.79 Å². The van der Waals surface area contributed by atoms with Gasteiger partial charge in [-0.25, -0.2) is 4.79 Å². The molecule has 1 aromatic carbocycles. The van der Waals surface area contributed by atoms with Crippen molar-refractivity contribution >= 4 is 11.9 Å². The average Bonchev–Trinajstić information content (AvgIpc) is 2.59. The summed E-state index contributed by atoms with van der Waals surface area (Å²) < 4.78 is 0. The number of piperidine rings is 1. The molecule has 1 aliphatic heterocycles. The monoisotopic (exact) mass is 345 g/mol. The molecule has 25 heavy (non-hydrogen) atoms. The van der Waals surface area contributed by atoms with E-state index in [4.69, 9.17) is 0 Å². The summed E-state index contributed by atoms with van der Waals surface area (Å²) in [6.45, 7) is 9.31. The topological polar surface area (TPSA) is 52.7 Å². The van der Waals surface area contributed by atoms with Gasteiger partial charge in [0.05, 0.1) is 6.04 Å². The van der Waals surface area contributed by atoms with Crippen molar-refractivity contribution < 1.29 is 9.59 Å². The number of rotatable bonds is 4. The predicted molar refractivity (Wildman–Crippen MR) is 100 cm³/mol. The van der Waals surface area contributed by atoms with E-state index in [0.717, 1.165) is 12.8 Å². The molecule has 0 saturated carbocycles. The van der Waals surface area contributed by atoms with Gasteiger partial charge in [-0.15, -0.1) is 0 Å². The van der Waals surface area contributed by atoms with Gasteiger partial charge in [0.25, 0.3) is 0 Å². The minimum Gasteiger partial charge on any atom is -0.343 e. The van der Waals surface area contributed by atoms with Gasteiger partial charge in [-0.05, 0) is 36.8 Å². The van der Waals surface area contributed by atoms with Gasteiger partial charge < -0.3 is 15.1 Å².